The third-order valence-electron chi connectivity index (χ3n) is 12.8. The molecule has 8 aromatic rings. The number of hydrogen-bond acceptors (Lipinski definition) is 2. The van der Waals surface area contributed by atoms with E-state index in [0.29, 0.717) is 33.2 Å². The second-order valence-electron chi connectivity index (χ2n) is 17.0. The first kappa shape index (κ1) is 36.1. The lowest BCUT2D eigenvalue weighted by atomic mass is 9.89. The molecule has 52 heavy (non-hydrogen) atoms. The van der Waals surface area contributed by atoms with Gasteiger partial charge in [-0.3, -0.25) is 0 Å². The quantitative estimate of drug-likeness (QED) is 0.0973. The number of fused-ring (bicyclic) bond motifs is 2. The molecule has 0 aliphatic heterocycles. The number of rotatable bonds is 6. The van der Waals surface area contributed by atoms with Crippen molar-refractivity contribution >= 4 is 81.3 Å². The Morgan fingerprint density at radius 2 is 0.615 bits per heavy atom. The van der Waals surface area contributed by atoms with Gasteiger partial charge in [0.05, 0.1) is 22.2 Å². The summed E-state index contributed by atoms with van der Waals surface area (Å²) < 4.78 is 0. The molecule has 2 nitrogen and oxygen atoms in total. The molecule has 0 aliphatic rings. The first-order valence-corrected chi connectivity index (χ1v) is 24.0. The molecule has 0 N–H and O–H groups in total. The normalized spacial score (nSPS) is 13.0. The van der Waals surface area contributed by atoms with Gasteiger partial charge >= 0.3 is 0 Å². The van der Waals surface area contributed by atoms with Crippen LogP contribution in [0, 0.1) is 22.9 Å². The molecule has 0 saturated heterocycles. The molecule has 0 radical (unpaired) electrons. The lowest BCUT2D eigenvalue weighted by Gasteiger charge is -2.38. The zero-order valence-corrected chi connectivity index (χ0v) is 35.3. The first-order chi connectivity index (χ1) is 24.8. The Labute approximate surface area is 313 Å². The monoisotopic (exact) mass is 714 g/mol. The van der Waals surface area contributed by atoms with Crippen molar-refractivity contribution in [3.05, 3.63) is 83.9 Å². The average Bonchev–Trinajstić information content (AvgIpc) is 3.10. The van der Waals surface area contributed by atoms with Crippen LogP contribution in [0.25, 0.3) is 65.2 Å². The highest BCUT2D eigenvalue weighted by Crippen LogP contribution is 2.46. The third kappa shape index (κ3) is 5.21. The van der Waals surface area contributed by atoms with Crippen LogP contribution in [0.3, 0.4) is 0 Å². The summed E-state index contributed by atoms with van der Waals surface area (Å²) in [5.74, 6) is 7.83. The van der Waals surface area contributed by atoms with Gasteiger partial charge in [0.1, 0.15) is 27.2 Å². The predicted molar refractivity (Wildman–Crippen MR) is 234 cm³/mol. The van der Waals surface area contributed by atoms with E-state index in [-0.39, 0.29) is 0 Å². The zero-order valence-electron chi connectivity index (χ0n) is 33.3. The fraction of sp³-hybridized carbons (Fsp3) is 0.375. The Bertz CT molecular complexity index is 2340. The van der Waals surface area contributed by atoms with Crippen LogP contribution in [-0.4, -0.2) is 26.1 Å². The number of benzene rings is 7. The molecule has 7 aromatic carbocycles. The van der Waals surface area contributed by atoms with Gasteiger partial charge in [-0.25, -0.2) is 9.97 Å². The highest BCUT2D eigenvalue weighted by molar-refractivity contribution is 6.91. The molecule has 1 heterocycles. The zero-order chi connectivity index (χ0) is 37.3. The van der Waals surface area contributed by atoms with Crippen molar-refractivity contribution in [1.82, 2.24) is 9.97 Å². The maximum atomic E-state index is 5.73. The number of nitrogens with zero attached hydrogens (tertiary/aromatic N) is 2. The molecule has 1 aromatic heterocycles. The van der Waals surface area contributed by atoms with Crippen LogP contribution in [0.5, 0.6) is 0 Å². The van der Waals surface area contributed by atoms with E-state index in [4.69, 9.17) is 9.97 Å². The van der Waals surface area contributed by atoms with Crippen LogP contribution < -0.4 is 0 Å². The molecule has 2 bridgehead atoms. The van der Waals surface area contributed by atoms with Crippen molar-refractivity contribution in [2.24, 2.45) is 0 Å². The van der Waals surface area contributed by atoms with Crippen LogP contribution in [0.4, 0.5) is 0 Å². The van der Waals surface area contributed by atoms with E-state index in [0.717, 1.165) is 44.0 Å². The Morgan fingerprint density at radius 3 is 0.865 bits per heavy atom. The summed E-state index contributed by atoms with van der Waals surface area (Å²) >= 11 is 0. The Hall–Kier alpha value is -4.23. The second kappa shape index (κ2) is 13.3. The molecule has 0 amide bonds. The fourth-order valence-corrected chi connectivity index (χ4v) is 20.8. The van der Waals surface area contributed by atoms with Crippen molar-refractivity contribution in [2.45, 2.75) is 116 Å². The molecule has 0 unspecified atom stereocenters. The van der Waals surface area contributed by atoms with E-state index in [1.165, 1.54) is 32.3 Å². The average molecular weight is 715 g/mol. The minimum Gasteiger partial charge on any atom is -0.242 e. The second-order valence-corrected chi connectivity index (χ2v) is 28.2. The smallest absolute Gasteiger partial charge is 0.146 e. The van der Waals surface area contributed by atoms with Crippen molar-refractivity contribution in [2.75, 3.05) is 0 Å². The van der Waals surface area contributed by atoms with Crippen molar-refractivity contribution < 1.29 is 0 Å². The van der Waals surface area contributed by atoms with Gasteiger partial charge in [0.15, 0.2) is 0 Å². The van der Waals surface area contributed by atoms with E-state index in [9.17, 15) is 0 Å². The molecule has 0 saturated carbocycles. The van der Waals surface area contributed by atoms with E-state index >= 15 is 0 Å². The lowest BCUT2D eigenvalue weighted by Crippen LogP contribution is -2.43. The van der Waals surface area contributed by atoms with Crippen LogP contribution >= 0.6 is 0 Å². The summed E-state index contributed by atoms with van der Waals surface area (Å²) in [5.41, 5.74) is 17.0. The van der Waals surface area contributed by atoms with Gasteiger partial charge in [-0.05, 0) is 54.8 Å². The van der Waals surface area contributed by atoms with Crippen LogP contribution in [-0.2, 0) is 0 Å². The summed E-state index contributed by atoms with van der Waals surface area (Å²) in [6.07, 6.45) is 0. The molecule has 0 fully saturated rings. The van der Waals surface area contributed by atoms with Gasteiger partial charge in [-0.15, -0.1) is 11.1 Å². The minimum absolute atomic E-state index is 0.526. The summed E-state index contributed by atoms with van der Waals surface area (Å²) in [5, 5.41) is 9.54. The molecule has 8 rings (SSSR count). The van der Waals surface area contributed by atoms with Crippen molar-refractivity contribution in [1.29, 1.82) is 0 Å². The van der Waals surface area contributed by atoms with Gasteiger partial charge in [0.25, 0.3) is 0 Å². The summed E-state index contributed by atoms with van der Waals surface area (Å²) in [6, 6.07) is 26.3. The van der Waals surface area contributed by atoms with Crippen molar-refractivity contribution in [3.63, 3.8) is 0 Å². The Kier molecular flexibility index (Phi) is 9.26. The summed E-state index contributed by atoms with van der Waals surface area (Å²) in [4.78, 5) is 11.5. The van der Waals surface area contributed by atoms with Crippen LogP contribution in [0.1, 0.15) is 94.2 Å². The Morgan fingerprint density at radius 1 is 0.365 bits per heavy atom. The molecule has 0 atom stereocenters. The maximum absolute atomic E-state index is 5.73. The van der Waals surface area contributed by atoms with Gasteiger partial charge in [-0.2, -0.15) is 0 Å². The molecule has 264 valence electrons. The standard InChI is InChI=1S/C48H54N2Si2/c1-29(2)51(30(3)4,31(5)6)27-25-41-35-19-13-14-20-36(35)42(26-28-52(32(7)8,33(9)10)34(11)12)46-45(41)49-47-43-37-21-15-17-23-39(37)44(48(47)50-46)40-24-18-16-22-38(40)43/h13-24,29-34H,1-12H3. The molecular formula is C48H54N2Si2. The van der Waals surface area contributed by atoms with E-state index in [2.05, 4.69) is 179 Å². The van der Waals surface area contributed by atoms with Crippen LogP contribution in [0.15, 0.2) is 72.8 Å². The molecule has 4 heteroatoms. The maximum Gasteiger partial charge on any atom is 0.146 e. The highest BCUT2D eigenvalue weighted by atomic mass is 28.3. The van der Waals surface area contributed by atoms with Gasteiger partial charge in [-0.1, -0.05) is 168 Å². The topological polar surface area (TPSA) is 25.8 Å². The fourth-order valence-electron chi connectivity index (χ4n) is 10.4. The lowest BCUT2D eigenvalue weighted by molar-refractivity contribution is 0.838. The highest BCUT2D eigenvalue weighted by Gasteiger charge is 2.43. The predicted octanol–water partition coefficient (Wildman–Crippen LogP) is 14.0. The van der Waals surface area contributed by atoms with Crippen LogP contribution in [0.2, 0.25) is 33.2 Å². The van der Waals surface area contributed by atoms with E-state index < -0.39 is 16.1 Å². The van der Waals surface area contributed by atoms with E-state index in [1.807, 2.05) is 0 Å². The Balaban J connectivity index is 1.72. The van der Waals surface area contributed by atoms with E-state index in [1.54, 1.807) is 0 Å². The van der Waals surface area contributed by atoms with Gasteiger partial charge in [0.2, 0.25) is 0 Å². The van der Waals surface area contributed by atoms with Crippen molar-refractivity contribution in [3.8, 4) is 22.9 Å². The summed E-state index contributed by atoms with van der Waals surface area (Å²) in [6.45, 7) is 28.7. The largest absolute Gasteiger partial charge is 0.242 e. The molecule has 0 spiro atoms. The molecule has 0 aliphatic carbocycles. The number of hydrogen-bond donors (Lipinski definition) is 0. The van der Waals surface area contributed by atoms with Gasteiger partial charge in [0, 0.05) is 21.5 Å². The minimum atomic E-state index is -2.05. The molecular weight excluding hydrogens is 661 g/mol. The van der Waals surface area contributed by atoms with Gasteiger partial charge < -0.3 is 0 Å². The first-order valence-electron chi connectivity index (χ1n) is 19.5. The summed E-state index contributed by atoms with van der Waals surface area (Å²) in [7, 11) is -4.11. The number of aromatic nitrogens is 2. The third-order valence-corrected chi connectivity index (χ3v) is 25.4. The SMILES string of the molecule is CC(C)[Si](C#Cc1c2ccccc2c(C#C[Si](C(C)C)(C(C)C)C(C)C)c2nc3c(nc12)c1c2ccccc2c3c2ccccc21)(C(C)C)C(C)C.